The van der Waals surface area contributed by atoms with E-state index in [-0.39, 0.29) is 6.10 Å². The van der Waals surface area contributed by atoms with Crippen LogP contribution in [0.4, 0.5) is 0 Å². The lowest BCUT2D eigenvalue weighted by molar-refractivity contribution is -0.0658. The lowest BCUT2D eigenvalue weighted by atomic mass is 10.3. The molecule has 1 atom stereocenters. The van der Waals surface area contributed by atoms with E-state index in [2.05, 4.69) is 4.99 Å². The molecule has 0 amide bonds. The van der Waals surface area contributed by atoms with Crippen molar-refractivity contribution < 1.29 is 14.2 Å². The molecular formula is C7H11NO3. The van der Waals surface area contributed by atoms with E-state index in [0.29, 0.717) is 32.3 Å². The monoisotopic (exact) mass is 157 g/mol. The Balaban J connectivity index is 1.92. The summed E-state index contributed by atoms with van der Waals surface area (Å²) in [6, 6.07) is 0. The number of hydrogen-bond donors (Lipinski definition) is 0. The van der Waals surface area contributed by atoms with Gasteiger partial charge in [0.05, 0.1) is 26.4 Å². The number of nitrogens with zero attached hydrogens (tertiary/aromatic N) is 1. The second-order valence-corrected chi connectivity index (χ2v) is 2.50. The zero-order valence-corrected chi connectivity index (χ0v) is 6.28. The van der Waals surface area contributed by atoms with Gasteiger partial charge in [-0.3, -0.25) is 0 Å². The van der Waals surface area contributed by atoms with Gasteiger partial charge in [-0.1, -0.05) is 0 Å². The summed E-state index contributed by atoms with van der Waals surface area (Å²) in [7, 11) is 0. The minimum Gasteiger partial charge on any atom is -0.477 e. The van der Waals surface area contributed by atoms with E-state index in [9.17, 15) is 0 Å². The topological polar surface area (TPSA) is 40.0 Å². The summed E-state index contributed by atoms with van der Waals surface area (Å²) in [5.41, 5.74) is 0. The van der Waals surface area contributed by atoms with Gasteiger partial charge in [0, 0.05) is 0 Å². The standard InChI is InChI=1S/C7H11NO3/c1-2-11-7(8-1)6-5-9-3-4-10-6/h6H,1-5H2. The number of ether oxygens (including phenoxy) is 3. The van der Waals surface area contributed by atoms with Gasteiger partial charge in [-0.2, -0.15) is 0 Å². The molecule has 62 valence electrons. The first-order chi connectivity index (χ1) is 5.47. The molecule has 11 heavy (non-hydrogen) atoms. The van der Waals surface area contributed by atoms with Gasteiger partial charge < -0.3 is 14.2 Å². The van der Waals surface area contributed by atoms with E-state index in [4.69, 9.17) is 14.2 Å². The van der Waals surface area contributed by atoms with Gasteiger partial charge in [-0.25, -0.2) is 4.99 Å². The maximum atomic E-state index is 5.38. The summed E-state index contributed by atoms with van der Waals surface area (Å²) in [6.45, 7) is 3.36. The first kappa shape index (κ1) is 7.06. The van der Waals surface area contributed by atoms with Gasteiger partial charge >= 0.3 is 0 Å². The van der Waals surface area contributed by atoms with Crippen molar-refractivity contribution >= 4 is 5.90 Å². The van der Waals surface area contributed by atoms with Gasteiger partial charge in [-0.15, -0.1) is 0 Å². The zero-order chi connectivity index (χ0) is 7.52. The largest absolute Gasteiger partial charge is 0.477 e. The second-order valence-electron chi connectivity index (χ2n) is 2.50. The summed E-state index contributed by atoms with van der Waals surface area (Å²) in [4.78, 5) is 4.15. The van der Waals surface area contributed by atoms with E-state index in [1.54, 1.807) is 0 Å². The first-order valence-corrected chi connectivity index (χ1v) is 3.83. The fourth-order valence-corrected chi connectivity index (χ4v) is 1.18. The summed E-state index contributed by atoms with van der Waals surface area (Å²) < 4.78 is 15.8. The van der Waals surface area contributed by atoms with Crippen LogP contribution < -0.4 is 0 Å². The highest BCUT2D eigenvalue weighted by Crippen LogP contribution is 2.07. The quantitative estimate of drug-likeness (QED) is 0.530. The van der Waals surface area contributed by atoms with Gasteiger partial charge in [0.25, 0.3) is 0 Å². The molecule has 0 aliphatic carbocycles. The van der Waals surface area contributed by atoms with Crippen LogP contribution in [0, 0.1) is 0 Å². The predicted molar refractivity (Wildman–Crippen MR) is 38.8 cm³/mol. The van der Waals surface area contributed by atoms with Crippen molar-refractivity contribution in [3.8, 4) is 0 Å². The summed E-state index contributed by atoms with van der Waals surface area (Å²) in [6.07, 6.45) is -0.0498. The van der Waals surface area contributed by atoms with Gasteiger partial charge in [-0.05, 0) is 0 Å². The molecule has 0 spiro atoms. The Bertz CT molecular complexity index is 163. The molecular weight excluding hydrogens is 146 g/mol. The van der Waals surface area contributed by atoms with Gasteiger partial charge in [0.2, 0.25) is 5.90 Å². The summed E-state index contributed by atoms with van der Waals surface area (Å²) in [5, 5.41) is 0. The van der Waals surface area contributed by atoms with E-state index in [1.165, 1.54) is 0 Å². The molecule has 2 aliphatic rings. The molecule has 1 fully saturated rings. The average Bonchev–Trinajstić information content (AvgIpc) is 2.58. The molecule has 1 saturated heterocycles. The smallest absolute Gasteiger partial charge is 0.215 e. The third kappa shape index (κ3) is 1.52. The normalized spacial score (nSPS) is 31.3. The third-order valence-corrected chi connectivity index (χ3v) is 1.70. The Kier molecular flexibility index (Phi) is 2.05. The van der Waals surface area contributed by atoms with Crippen molar-refractivity contribution in [1.82, 2.24) is 0 Å². The predicted octanol–water partition coefficient (Wildman–Crippen LogP) is -0.170. The van der Waals surface area contributed by atoms with Crippen molar-refractivity contribution in [3.63, 3.8) is 0 Å². The third-order valence-electron chi connectivity index (χ3n) is 1.70. The van der Waals surface area contributed by atoms with Crippen molar-refractivity contribution in [2.75, 3.05) is 33.0 Å². The van der Waals surface area contributed by atoms with Crippen molar-refractivity contribution in [1.29, 1.82) is 0 Å². The maximum absolute atomic E-state index is 5.38. The van der Waals surface area contributed by atoms with E-state index < -0.39 is 0 Å². The average molecular weight is 157 g/mol. The molecule has 0 bridgehead atoms. The van der Waals surface area contributed by atoms with Crippen molar-refractivity contribution in [2.24, 2.45) is 4.99 Å². The Morgan fingerprint density at radius 1 is 1.27 bits per heavy atom. The zero-order valence-electron chi connectivity index (χ0n) is 6.28. The molecule has 0 aromatic heterocycles. The molecule has 4 nitrogen and oxygen atoms in total. The molecule has 4 heteroatoms. The Hall–Kier alpha value is -0.610. The molecule has 0 N–H and O–H groups in total. The highest BCUT2D eigenvalue weighted by Gasteiger charge is 2.23. The number of rotatable bonds is 1. The van der Waals surface area contributed by atoms with Crippen LogP contribution in [0.1, 0.15) is 0 Å². The second kappa shape index (κ2) is 3.19. The van der Waals surface area contributed by atoms with Crippen LogP contribution in [0.5, 0.6) is 0 Å². The van der Waals surface area contributed by atoms with Crippen LogP contribution in [0.3, 0.4) is 0 Å². The molecule has 2 heterocycles. The number of hydrogen-bond acceptors (Lipinski definition) is 4. The van der Waals surface area contributed by atoms with Crippen molar-refractivity contribution in [2.45, 2.75) is 6.10 Å². The minimum absolute atomic E-state index is 0.0498. The van der Waals surface area contributed by atoms with Crippen LogP contribution in [-0.4, -0.2) is 45.0 Å². The SMILES string of the molecule is C1COC(C2COCCO2)=N1. The highest BCUT2D eigenvalue weighted by atomic mass is 16.6. The summed E-state index contributed by atoms with van der Waals surface area (Å²) in [5.74, 6) is 0.713. The Morgan fingerprint density at radius 3 is 2.91 bits per heavy atom. The molecule has 2 rings (SSSR count). The van der Waals surface area contributed by atoms with Gasteiger partial charge in [0.1, 0.15) is 6.61 Å². The molecule has 0 radical (unpaired) electrons. The molecule has 0 aromatic carbocycles. The van der Waals surface area contributed by atoms with Crippen molar-refractivity contribution in [3.05, 3.63) is 0 Å². The van der Waals surface area contributed by atoms with E-state index >= 15 is 0 Å². The molecule has 1 unspecified atom stereocenters. The molecule has 2 aliphatic heterocycles. The van der Waals surface area contributed by atoms with E-state index in [0.717, 1.165) is 6.54 Å². The summed E-state index contributed by atoms with van der Waals surface area (Å²) >= 11 is 0. The maximum Gasteiger partial charge on any atom is 0.215 e. The van der Waals surface area contributed by atoms with Crippen LogP contribution in [0.25, 0.3) is 0 Å². The van der Waals surface area contributed by atoms with E-state index in [1.807, 2.05) is 0 Å². The molecule has 0 aromatic rings. The van der Waals surface area contributed by atoms with Crippen LogP contribution >= 0.6 is 0 Å². The van der Waals surface area contributed by atoms with Gasteiger partial charge in [0.15, 0.2) is 6.10 Å². The fourth-order valence-electron chi connectivity index (χ4n) is 1.18. The lowest BCUT2D eigenvalue weighted by Crippen LogP contribution is -2.35. The fraction of sp³-hybridized carbons (Fsp3) is 0.857. The minimum atomic E-state index is -0.0498. The molecule has 0 saturated carbocycles. The lowest BCUT2D eigenvalue weighted by Gasteiger charge is -2.21. The number of aliphatic imine (C=N–C) groups is 1. The first-order valence-electron chi connectivity index (χ1n) is 3.83. The Morgan fingerprint density at radius 2 is 2.27 bits per heavy atom. The van der Waals surface area contributed by atoms with Crippen LogP contribution in [0.2, 0.25) is 0 Å². The highest BCUT2D eigenvalue weighted by molar-refractivity contribution is 5.82. The Labute approximate surface area is 65.2 Å². The van der Waals surface area contributed by atoms with Crippen LogP contribution in [-0.2, 0) is 14.2 Å². The van der Waals surface area contributed by atoms with Crippen LogP contribution in [0.15, 0.2) is 4.99 Å².